The van der Waals surface area contributed by atoms with E-state index in [0.29, 0.717) is 0 Å². The van der Waals surface area contributed by atoms with Crippen LogP contribution in [0.4, 0.5) is 0 Å². The second-order valence-electron chi connectivity index (χ2n) is 6.73. The van der Waals surface area contributed by atoms with Gasteiger partial charge in [-0.1, -0.05) is 64.7 Å². The summed E-state index contributed by atoms with van der Waals surface area (Å²) in [6.07, 6.45) is 17.1. The van der Waals surface area contributed by atoms with Crippen LogP contribution in [0, 0.1) is 5.92 Å². The summed E-state index contributed by atoms with van der Waals surface area (Å²) < 4.78 is 0. The van der Waals surface area contributed by atoms with Crippen molar-refractivity contribution in [3.8, 4) is 0 Å². The van der Waals surface area contributed by atoms with Crippen molar-refractivity contribution in [2.24, 2.45) is 11.7 Å². The van der Waals surface area contributed by atoms with Crippen LogP contribution in [0.2, 0.25) is 0 Å². The maximum atomic E-state index is 5.79. The summed E-state index contributed by atoms with van der Waals surface area (Å²) in [6.45, 7) is 7.06. The predicted molar refractivity (Wildman–Crippen MR) is 90.1 cm³/mol. The van der Waals surface area contributed by atoms with E-state index in [1.54, 1.807) is 0 Å². The Labute approximate surface area is 127 Å². The van der Waals surface area contributed by atoms with Crippen LogP contribution in [0.3, 0.4) is 0 Å². The zero-order valence-electron chi connectivity index (χ0n) is 13.9. The first-order chi connectivity index (χ1) is 9.86. The maximum Gasteiger partial charge on any atom is 0.00217 e. The van der Waals surface area contributed by atoms with Gasteiger partial charge >= 0.3 is 0 Å². The molecule has 1 atom stereocenters. The van der Waals surface area contributed by atoms with Gasteiger partial charge in [-0.15, -0.1) is 0 Å². The van der Waals surface area contributed by atoms with Crippen LogP contribution in [0.15, 0.2) is 0 Å². The molecule has 1 unspecified atom stereocenters. The largest absolute Gasteiger partial charge is 0.330 e. The lowest BCUT2D eigenvalue weighted by Crippen LogP contribution is -2.38. The standard InChI is InChI=1S/C18H38N2/c1-2-3-4-5-6-7-8-9-10-11-14-20-15-12-13-18(16-19)17-20/h18H,2-17,19H2,1H3. The summed E-state index contributed by atoms with van der Waals surface area (Å²) in [6, 6.07) is 0. The predicted octanol–water partition coefficient (Wildman–Crippen LogP) is 4.58. The van der Waals surface area contributed by atoms with Crippen molar-refractivity contribution >= 4 is 0 Å². The van der Waals surface area contributed by atoms with E-state index in [9.17, 15) is 0 Å². The van der Waals surface area contributed by atoms with Crippen molar-refractivity contribution < 1.29 is 0 Å². The maximum absolute atomic E-state index is 5.79. The number of rotatable bonds is 12. The highest BCUT2D eigenvalue weighted by molar-refractivity contribution is 4.73. The van der Waals surface area contributed by atoms with Crippen LogP contribution < -0.4 is 5.73 Å². The fourth-order valence-corrected chi connectivity index (χ4v) is 3.37. The van der Waals surface area contributed by atoms with Crippen LogP contribution in [0.25, 0.3) is 0 Å². The molecule has 0 spiro atoms. The molecule has 120 valence electrons. The van der Waals surface area contributed by atoms with Crippen molar-refractivity contribution in [3.05, 3.63) is 0 Å². The quantitative estimate of drug-likeness (QED) is 0.531. The van der Waals surface area contributed by atoms with Gasteiger partial charge in [0.15, 0.2) is 0 Å². The highest BCUT2D eigenvalue weighted by Gasteiger charge is 2.17. The van der Waals surface area contributed by atoms with E-state index in [1.165, 1.54) is 96.7 Å². The first kappa shape index (κ1) is 18.0. The van der Waals surface area contributed by atoms with Crippen LogP contribution in [0.1, 0.15) is 84.0 Å². The molecule has 1 saturated heterocycles. The summed E-state index contributed by atoms with van der Waals surface area (Å²) in [4.78, 5) is 2.64. The summed E-state index contributed by atoms with van der Waals surface area (Å²) in [7, 11) is 0. The van der Waals surface area contributed by atoms with Gasteiger partial charge in [0, 0.05) is 6.54 Å². The Morgan fingerprint density at radius 3 is 2.10 bits per heavy atom. The SMILES string of the molecule is CCCCCCCCCCCCN1CCCC(CN)C1. The molecule has 2 nitrogen and oxygen atoms in total. The molecule has 1 fully saturated rings. The third-order valence-corrected chi connectivity index (χ3v) is 4.76. The van der Waals surface area contributed by atoms with E-state index in [0.717, 1.165) is 12.5 Å². The van der Waals surface area contributed by atoms with Crippen molar-refractivity contribution in [3.63, 3.8) is 0 Å². The minimum atomic E-state index is 0.770. The van der Waals surface area contributed by atoms with Gasteiger partial charge in [-0.3, -0.25) is 0 Å². The van der Waals surface area contributed by atoms with Gasteiger partial charge in [-0.25, -0.2) is 0 Å². The van der Waals surface area contributed by atoms with Gasteiger partial charge in [0.25, 0.3) is 0 Å². The van der Waals surface area contributed by atoms with E-state index in [2.05, 4.69) is 11.8 Å². The van der Waals surface area contributed by atoms with E-state index in [1.807, 2.05) is 0 Å². The molecule has 1 rings (SSSR count). The lowest BCUT2D eigenvalue weighted by molar-refractivity contribution is 0.175. The average molecular weight is 283 g/mol. The van der Waals surface area contributed by atoms with Crippen molar-refractivity contribution in [2.45, 2.75) is 84.0 Å². The number of nitrogens with two attached hydrogens (primary N) is 1. The van der Waals surface area contributed by atoms with Crippen LogP contribution >= 0.6 is 0 Å². The van der Waals surface area contributed by atoms with E-state index in [-0.39, 0.29) is 0 Å². The first-order valence-electron chi connectivity index (χ1n) is 9.29. The van der Waals surface area contributed by atoms with E-state index in [4.69, 9.17) is 5.73 Å². The Kier molecular flexibility index (Phi) is 11.4. The Morgan fingerprint density at radius 2 is 1.50 bits per heavy atom. The molecule has 0 aliphatic carbocycles. The van der Waals surface area contributed by atoms with E-state index < -0.39 is 0 Å². The summed E-state index contributed by atoms with van der Waals surface area (Å²) in [5, 5.41) is 0. The Bertz CT molecular complexity index is 206. The van der Waals surface area contributed by atoms with Crippen LogP contribution in [0.5, 0.6) is 0 Å². The molecular formula is C18H38N2. The molecule has 1 aliphatic rings. The van der Waals surface area contributed by atoms with Gasteiger partial charge in [-0.2, -0.15) is 0 Å². The molecule has 1 aliphatic heterocycles. The fraction of sp³-hybridized carbons (Fsp3) is 1.00. The number of hydrogen-bond donors (Lipinski definition) is 1. The fourth-order valence-electron chi connectivity index (χ4n) is 3.37. The number of likely N-dealkylation sites (tertiary alicyclic amines) is 1. The monoisotopic (exact) mass is 282 g/mol. The van der Waals surface area contributed by atoms with Gasteiger partial charge < -0.3 is 10.6 Å². The minimum Gasteiger partial charge on any atom is -0.330 e. The number of nitrogens with zero attached hydrogens (tertiary/aromatic N) is 1. The van der Waals surface area contributed by atoms with Crippen molar-refractivity contribution in [1.82, 2.24) is 4.90 Å². The molecule has 1 heterocycles. The van der Waals surface area contributed by atoms with Gasteiger partial charge in [-0.05, 0) is 44.8 Å². The van der Waals surface area contributed by atoms with Gasteiger partial charge in [0.2, 0.25) is 0 Å². The number of piperidine rings is 1. The molecule has 20 heavy (non-hydrogen) atoms. The molecule has 0 amide bonds. The summed E-state index contributed by atoms with van der Waals surface area (Å²) >= 11 is 0. The number of hydrogen-bond acceptors (Lipinski definition) is 2. The van der Waals surface area contributed by atoms with Gasteiger partial charge in [0.1, 0.15) is 0 Å². The van der Waals surface area contributed by atoms with Crippen LogP contribution in [-0.2, 0) is 0 Å². The normalized spacial score (nSPS) is 20.4. The third kappa shape index (κ3) is 8.97. The Morgan fingerprint density at radius 1 is 0.900 bits per heavy atom. The molecule has 0 saturated carbocycles. The molecule has 0 bridgehead atoms. The second kappa shape index (κ2) is 12.6. The smallest absolute Gasteiger partial charge is 0.00217 e. The zero-order chi connectivity index (χ0) is 14.5. The zero-order valence-corrected chi connectivity index (χ0v) is 13.9. The van der Waals surface area contributed by atoms with Crippen molar-refractivity contribution in [1.29, 1.82) is 0 Å². The Balaban J connectivity index is 1.82. The summed E-state index contributed by atoms with van der Waals surface area (Å²) in [5.74, 6) is 0.770. The lowest BCUT2D eigenvalue weighted by Gasteiger charge is -2.32. The molecule has 0 radical (unpaired) electrons. The minimum absolute atomic E-state index is 0.770. The summed E-state index contributed by atoms with van der Waals surface area (Å²) in [5.41, 5.74) is 5.79. The molecule has 0 aromatic heterocycles. The first-order valence-corrected chi connectivity index (χ1v) is 9.29. The number of unbranched alkanes of at least 4 members (excludes halogenated alkanes) is 9. The molecule has 2 N–H and O–H groups in total. The van der Waals surface area contributed by atoms with E-state index >= 15 is 0 Å². The molecule has 0 aromatic carbocycles. The highest BCUT2D eigenvalue weighted by atomic mass is 15.1. The molecule has 2 heteroatoms. The lowest BCUT2D eigenvalue weighted by atomic mass is 9.98. The Hall–Kier alpha value is -0.0800. The average Bonchev–Trinajstić information content (AvgIpc) is 2.49. The molecular weight excluding hydrogens is 244 g/mol. The second-order valence-corrected chi connectivity index (χ2v) is 6.73. The molecule has 0 aromatic rings. The topological polar surface area (TPSA) is 29.3 Å². The third-order valence-electron chi connectivity index (χ3n) is 4.76. The van der Waals surface area contributed by atoms with Crippen LogP contribution in [-0.4, -0.2) is 31.1 Å². The highest BCUT2D eigenvalue weighted by Crippen LogP contribution is 2.16. The van der Waals surface area contributed by atoms with Crippen molar-refractivity contribution in [2.75, 3.05) is 26.2 Å². The van der Waals surface area contributed by atoms with Gasteiger partial charge in [0.05, 0.1) is 0 Å².